The second-order valence-electron chi connectivity index (χ2n) is 7.39. The summed E-state index contributed by atoms with van der Waals surface area (Å²) >= 11 is 0. The van der Waals surface area contributed by atoms with E-state index in [0.29, 0.717) is 29.9 Å². The number of imidazole rings is 2. The largest absolute Gasteiger partial charge is 0.332 e. The van der Waals surface area contributed by atoms with Crippen molar-refractivity contribution in [3.63, 3.8) is 0 Å². The average Bonchev–Trinajstić information content (AvgIpc) is 3.21. The van der Waals surface area contributed by atoms with E-state index >= 15 is 0 Å². The maximum absolute atomic E-state index is 13.2. The van der Waals surface area contributed by atoms with Crippen molar-refractivity contribution in [2.24, 2.45) is 7.05 Å². The summed E-state index contributed by atoms with van der Waals surface area (Å²) < 4.78 is 6.75. The van der Waals surface area contributed by atoms with E-state index in [4.69, 9.17) is 0 Å². The second-order valence-corrected chi connectivity index (χ2v) is 7.39. The number of aromatic nitrogens is 5. The van der Waals surface area contributed by atoms with Gasteiger partial charge < -0.3 is 4.57 Å². The number of hydrogen-bond donors (Lipinski definition) is 0. The smallest absolute Gasteiger partial charge is 0.311 e. The molecule has 7 nitrogen and oxygen atoms in total. The number of fused-ring (bicyclic) bond motifs is 3. The third kappa shape index (κ3) is 2.69. The number of benzene rings is 1. The molecule has 3 heterocycles. The van der Waals surface area contributed by atoms with Gasteiger partial charge in [-0.3, -0.25) is 18.3 Å². The second kappa shape index (κ2) is 6.82. The van der Waals surface area contributed by atoms with Crippen LogP contribution >= 0.6 is 0 Å². The molecule has 28 heavy (non-hydrogen) atoms. The summed E-state index contributed by atoms with van der Waals surface area (Å²) in [5, 5.41) is 0. The fourth-order valence-electron chi connectivity index (χ4n) is 3.84. The van der Waals surface area contributed by atoms with Gasteiger partial charge in [0, 0.05) is 31.5 Å². The molecule has 0 saturated heterocycles. The first-order chi connectivity index (χ1) is 13.4. The zero-order valence-corrected chi connectivity index (χ0v) is 16.7. The van der Waals surface area contributed by atoms with E-state index in [-0.39, 0.29) is 17.3 Å². The Kier molecular flexibility index (Phi) is 4.45. The highest BCUT2D eigenvalue weighted by molar-refractivity contribution is 5.75. The first-order valence-electron chi connectivity index (χ1n) is 9.67. The quantitative estimate of drug-likeness (QED) is 0.535. The molecule has 7 heteroatoms. The van der Waals surface area contributed by atoms with Gasteiger partial charge in [-0.2, -0.15) is 4.98 Å². The fourth-order valence-corrected chi connectivity index (χ4v) is 3.84. The highest BCUT2D eigenvalue weighted by Crippen LogP contribution is 2.22. The standard InChI is InChI=1S/C21H25N5O2/c1-5-14(2)26-15(3)13-25-17-18(22-20(25)26)23(4)21(28)24(19(17)27)12-11-16-9-7-6-8-10-16/h6-10,13-14H,5,11-12H2,1-4H3. The van der Waals surface area contributed by atoms with Crippen LogP contribution in [0.1, 0.15) is 37.6 Å². The lowest BCUT2D eigenvalue weighted by molar-refractivity contribution is 0.532. The van der Waals surface area contributed by atoms with Crippen molar-refractivity contribution >= 4 is 16.9 Å². The van der Waals surface area contributed by atoms with Crippen molar-refractivity contribution in [1.82, 2.24) is 23.1 Å². The van der Waals surface area contributed by atoms with Gasteiger partial charge in [-0.05, 0) is 32.3 Å². The van der Waals surface area contributed by atoms with Crippen molar-refractivity contribution in [2.75, 3.05) is 0 Å². The molecule has 0 aliphatic heterocycles. The molecule has 0 N–H and O–H groups in total. The van der Waals surface area contributed by atoms with Crippen molar-refractivity contribution in [2.45, 2.75) is 46.2 Å². The number of aryl methyl sites for hydroxylation is 3. The first-order valence-corrected chi connectivity index (χ1v) is 9.67. The Bertz CT molecular complexity index is 1270. The maximum Gasteiger partial charge on any atom is 0.332 e. The molecule has 0 bridgehead atoms. The molecule has 0 radical (unpaired) electrons. The molecular formula is C21H25N5O2. The summed E-state index contributed by atoms with van der Waals surface area (Å²) in [5.41, 5.74) is 2.40. The molecule has 0 amide bonds. The van der Waals surface area contributed by atoms with Crippen LogP contribution in [0.15, 0.2) is 46.1 Å². The Morgan fingerprint density at radius 3 is 2.54 bits per heavy atom. The third-order valence-electron chi connectivity index (χ3n) is 5.57. The van der Waals surface area contributed by atoms with Gasteiger partial charge in [0.05, 0.1) is 0 Å². The average molecular weight is 379 g/mol. The van der Waals surface area contributed by atoms with Crippen molar-refractivity contribution in [3.8, 4) is 0 Å². The Balaban J connectivity index is 1.92. The molecule has 1 unspecified atom stereocenters. The molecule has 1 aromatic carbocycles. The normalized spacial score (nSPS) is 12.9. The molecule has 3 aromatic heterocycles. The van der Waals surface area contributed by atoms with Crippen LogP contribution in [0.25, 0.3) is 16.9 Å². The molecule has 4 aromatic rings. The van der Waals surface area contributed by atoms with E-state index in [0.717, 1.165) is 17.7 Å². The van der Waals surface area contributed by atoms with Crippen LogP contribution in [0.3, 0.4) is 0 Å². The predicted octanol–water partition coefficient (Wildman–Crippen LogP) is 2.67. The van der Waals surface area contributed by atoms with Crippen molar-refractivity contribution < 1.29 is 0 Å². The molecule has 0 fully saturated rings. The third-order valence-corrected chi connectivity index (χ3v) is 5.57. The fraction of sp³-hybridized carbons (Fsp3) is 0.381. The van der Waals surface area contributed by atoms with Crippen LogP contribution in [0.5, 0.6) is 0 Å². The molecule has 1 atom stereocenters. The van der Waals surface area contributed by atoms with Crippen LogP contribution in [-0.2, 0) is 20.0 Å². The minimum Gasteiger partial charge on any atom is -0.311 e. The maximum atomic E-state index is 13.2. The van der Waals surface area contributed by atoms with Crippen molar-refractivity contribution in [1.29, 1.82) is 0 Å². The molecular weight excluding hydrogens is 354 g/mol. The van der Waals surface area contributed by atoms with Gasteiger partial charge in [-0.15, -0.1) is 0 Å². The summed E-state index contributed by atoms with van der Waals surface area (Å²) in [5.74, 6) is 0.703. The Morgan fingerprint density at radius 1 is 1.14 bits per heavy atom. The highest BCUT2D eigenvalue weighted by Gasteiger charge is 2.21. The Morgan fingerprint density at radius 2 is 1.86 bits per heavy atom. The van der Waals surface area contributed by atoms with Gasteiger partial charge in [0.1, 0.15) is 0 Å². The Hall–Kier alpha value is -3.09. The van der Waals surface area contributed by atoms with Gasteiger partial charge in [0.15, 0.2) is 11.2 Å². The highest BCUT2D eigenvalue weighted by atomic mass is 16.2. The van der Waals surface area contributed by atoms with Gasteiger partial charge in [-0.25, -0.2) is 4.79 Å². The van der Waals surface area contributed by atoms with Crippen LogP contribution in [0, 0.1) is 6.92 Å². The van der Waals surface area contributed by atoms with Gasteiger partial charge in [-0.1, -0.05) is 37.3 Å². The molecule has 0 aliphatic rings. The first kappa shape index (κ1) is 18.3. The lowest BCUT2D eigenvalue weighted by Crippen LogP contribution is -2.39. The minimum absolute atomic E-state index is 0.256. The predicted molar refractivity (Wildman–Crippen MR) is 110 cm³/mol. The summed E-state index contributed by atoms with van der Waals surface area (Å²) in [6.07, 6.45) is 3.51. The molecule has 0 aliphatic carbocycles. The number of nitrogens with zero attached hydrogens (tertiary/aromatic N) is 5. The van der Waals surface area contributed by atoms with Crippen LogP contribution in [-0.4, -0.2) is 23.1 Å². The van der Waals surface area contributed by atoms with Gasteiger partial charge >= 0.3 is 5.69 Å². The summed E-state index contributed by atoms with van der Waals surface area (Å²) in [6, 6.07) is 10.1. The number of hydrogen-bond acceptors (Lipinski definition) is 3. The van der Waals surface area contributed by atoms with E-state index in [1.54, 1.807) is 7.05 Å². The summed E-state index contributed by atoms with van der Waals surface area (Å²) in [4.78, 5) is 30.7. The van der Waals surface area contributed by atoms with Crippen LogP contribution < -0.4 is 11.2 Å². The summed E-state index contributed by atoms with van der Waals surface area (Å²) in [7, 11) is 1.68. The number of rotatable bonds is 5. The van der Waals surface area contributed by atoms with E-state index in [1.165, 1.54) is 9.13 Å². The lowest BCUT2D eigenvalue weighted by atomic mass is 10.1. The zero-order chi connectivity index (χ0) is 20.0. The zero-order valence-electron chi connectivity index (χ0n) is 16.7. The van der Waals surface area contributed by atoms with E-state index in [9.17, 15) is 9.59 Å². The van der Waals surface area contributed by atoms with Crippen molar-refractivity contribution in [3.05, 3.63) is 68.6 Å². The van der Waals surface area contributed by atoms with Crippen LogP contribution in [0.4, 0.5) is 0 Å². The monoisotopic (exact) mass is 379 g/mol. The van der Waals surface area contributed by atoms with E-state index in [2.05, 4.69) is 23.4 Å². The minimum atomic E-state index is -0.332. The van der Waals surface area contributed by atoms with Gasteiger partial charge in [0.25, 0.3) is 5.56 Å². The topological polar surface area (TPSA) is 66.2 Å². The lowest BCUT2D eigenvalue weighted by Gasteiger charge is -2.12. The molecule has 0 spiro atoms. The van der Waals surface area contributed by atoms with E-state index < -0.39 is 0 Å². The molecule has 146 valence electrons. The SMILES string of the molecule is CCC(C)n1c(C)cn2c3c(=O)n(CCc4ccccc4)c(=O)n(C)c3nc12. The van der Waals surface area contributed by atoms with Crippen LogP contribution in [0.2, 0.25) is 0 Å². The molecule has 4 rings (SSSR count). The summed E-state index contributed by atoms with van der Waals surface area (Å²) in [6.45, 7) is 6.60. The van der Waals surface area contributed by atoms with Gasteiger partial charge in [0.2, 0.25) is 5.78 Å². The molecule has 0 saturated carbocycles. The Labute approximate surface area is 162 Å². The van der Waals surface area contributed by atoms with E-state index in [1.807, 2.05) is 47.9 Å².